The zero-order valence-corrected chi connectivity index (χ0v) is 13.5. The van der Waals surface area contributed by atoms with E-state index in [1.807, 2.05) is 12.1 Å². The summed E-state index contributed by atoms with van der Waals surface area (Å²) in [6.07, 6.45) is 3.26. The normalized spacial score (nSPS) is 15.5. The molecule has 24 heavy (non-hydrogen) atoms. The van der Waals surface area contributed by atoms with Crippen LogP contribution in [0.25, 0.3) is 0 Å². The van der Waals surface area contributed by atoms with Crippen LogP contribution in [0.5, 0.6) is 5.75 Å². The van der Waals surface area contributed by atoms with Gasteiger partial charge in [0.15, 0.2) is 11.6 Å². The van der Waals surface area contributed by atoms with E-state index in [0.29, 0.717) is 6.61 Å². The number of piperidine rings is 1. The molecule has 1 fully saturated rings. The van der Waals surface area contributed by atoms with E-state index in [-0.39, 0.29) is 11.9 Å². The fourth-order valence-corrected chi connectivity index (χ4v) is 2.87. The summed E-state index contributed by atoms with van der Waals surface area (Å²) in [6.45, 7) is 2.10. The second-order valence-electron chi connectivity index (χ2n) is 5.82. The van der Waals surface area contributed by atoms with Crippen molar-refractivity contribution >= 4 is 5.69 Å². The predicted octanol–water partition coefficient (Wildman–Crippen LogP) is 3.55. The topological polar surface area (TPSA) is 34.6 Å². The standard InChI is InChI=1S/C18H20F2N2O2/c1-23-12-14-11-15(4-7-21-14)22-8-5-16(6-9-22)24-18-3-2-13(19)10-17(18)20/h2-4,7,10-11,16H,5-6,8-9,12H2,1H3. The van der Waals surface area contributed by atoms with Crippen molar-refractivity contribution in [2.45, 2.75) is 25.6 Å². The van der Waals surface area contributed by atoms with Crippen LogP contribution in [-0.2, 0) is 11.3 Å². The number of methoxy groups -OCH3 is 1. The number of ether oxygens (including phenoxy) is 2. The van der Waals surface area contributed by atoms with E-state index in [4.69, 9.17) is 9.47 Å². The van der Waals surface area contributed by atoms with Crippen molar-refractivity contribution in [2.75, 3.05) is 25.1 Å². The third kappa shape index (κ3) is 4.00. The number of hydrogen-bond donors (Lipinski definition) is 0. The van der Waals surface area contributed by atoms with Crippen LogP contribution in [0.3, 0.4) is 0 Å². The number of nitrogens with zero attached hydrogens (tertiary/aromatic N) is 2. The van der Waals surface area contributed by atoms with Gasteiger partial charge in [0.05, 0.1) is 12.3 Å². The summed E-state index contributed by atoms with van der Waals surface area (Å²) in [5.74, 6) is -1.14. The number of halogens is 2. The highest BCUT2D eigenvalue weighted by Crippen LogP contribution is 2.25. The molecule has 128 valence electrons. The van der Waals surface area contributed by atoms with Crippen LogP contribution in [0, 0.1) is 11.6 Å². The lowest BCUT2D eigenvalue weighted by molar-refractivity contribution is 0.163. The summed E-state index contributed by atoms with van der Waals surface area (Å²) in [7, 11) is 1.64. The summed E-state index contributed by atoms with van der Waals surface area (Å²) < 4.78 is 37.4. The molecule has 0 aliphatic carbocycles. The van der Waals surface area contributed by atoms with Gasteiger partial charge in [0.25, 0.3) is 0 Å². The van der Waals surface area contributed by atoms with E-state index in [9.17, 15) is 8.78 Å². The van der Waals surface area contributed by atoms with Crippen LogP contribution >= 0.6 is 0 Å². The number of hydrogen-bond acceptors (Lipinski definition) is 4. The summed E-state index contributed by atoms with van der Waals surface area (Å²) in [4.78, 5) is 6.51. The molecule has 0 unspecified atom stereocenters. The summed E-state index contributed by atoms with van der Waals surface area (Å²) in [5, 5.41) is 0. The molecular formula is C18H20F2N2O2. The minimum atomic E-state index is -0.657. The number of rotatable bonds is 5. The Bertz CT molecular complexity index is 688. The van der Waals surface area contributed by atoms with E-state index in [1.165, 1.54) is 12.1 Å². The lowest BCUT2D eigenvalue weighted by Gasteiger charge is -2.33. The Morgan fingerprint density at radius 3 is 2.67 bits per heavy atom. The molecule has 2 aromatic rings. The van der Waals surface area contributed by atoms with Crippen molar-refractivity contribution in [1.29, 1.82) is 0 Å². The lowest BCUT2D eigenvalue weighted by atomic mass is 10.1. The number of anilines is 1. The predicted molar refractivity (Wildman–Crippen MR) is 87.2 cm³/mol. The van der Waals surface area contributed by atoms with Gasteiger partial charge in [-0.25, -0.2) is 8.78 Å². The number of aromatic nitrogens is 1. The van der Waals surface area contributed by atoms with Gasteiger partial charge in [-0.3, -0.25) is 4.98 Å². The Kier molecular flexibility index (Phi) is 5.25. The molecule has 0 atom stereocenters. The van der Waals surface area contributed by atoms with Gasteiger partial charge >= 0.3 is 0 Å². The van der Waals surface area contributed by atoms with E-state index >= 15 is 0 Å². The van der Waals surface area contributed by atoms with Gasteiger partial charge in [-0.15, -0.1) is 0 Å². The van der Waals surface area contributed by atoms with Crippen LogP contribution in [0.1, 0.15) is 18.5 Å². The van der Waals surface area contributed by atoms with Crippen LogP contribution in [0.4, 0.5) is 14.5 Å². The molecule has 1 saturated heterocycles. The molecule has 0 bridgehead atoms. The molecule has 4 nitrogen and oxygen atoms in total. The maximum atomic E-state index is 13.7. The van der Waals surface area contributed by atoms with Crippen molar-refractivity contribution in [3.05, 3.63) is 53.9 Å². The maximum absolute atomic E-state index is 13.7. The Hall–Kier alpha value is -2.21. The van der Waals surface area contributed by atoms with Crippen LogP contribution < -0.4 is 9.64 Å². The third-order valence-corrected chi connectivity index (χ3v) is 4.09. The lowest BCUT2D eigenvalue weighted by Crippen LogP contribution is -2.38. The van der Waals surface area contributed by atoms with Gasteiger partial charge in [-0.1, -0.05) is 0 Å². The minimum Gasteiger partial charge on any atom is -0.487 e. The quantitative estimate of drug-likeness (QED) is 0.837. The molecule has 1 aliphatic heterocycles. The van der Waals surface area contributed by atoms with E-state index in [1.54, 1.807) is 13.3 Å². The van der Waals surface area contributed by atoms with Crippen molar-refractivity contribution in [3.8, 4) is 5.75 Å². The van der Waals surface area contributed by atoms with Crippen LogP contribution in [0.2, 0.25) is 0 Å². The van der Waals surface area contributed by atoms with E-state index < -0.39 is 11.6 Å². The Morgan fingerprint density at radius 1 is 1.17 bits per heavy atom. The summed E-state index contributed by atoms with van der Waals surface area (Å²) in [5.41, 5.74) is 1.99. The van der Waals surface area contributed by atoms with Crippen molar-refractivity contribution < 1.29 is 18.3 Å². The molecule has 1 aromatic carbocycles. The molecular weight excluding hydrogens is 314 g/mol. The molecule has 6 heteroatoms. The first kappa shape index (κ1) is 16.6. The second-order valence-corrected chi connectivity index (χ2v) is 5.82. The van der Waals surface area contributed by atoms with E-state index in [2.05, 4.69) is 9.88 Å². The monoisotopic (exact) mass is 334 g/mol. The maximum Gasteiger partial charge on any atom is 0.167 e. The highest BCUT2D eigenvalue weighted by atomic mass is 19.1. The largest absolute Gasteiger partial charge is 0.487 e. The first-order valence-electron chi connectivity index (χ1n) is 7.96. The zero-order chi connectivity index (χ0) is 16.9. The first-order valence-corrected chi connectivity index (χ1v) is 7.96. The molecule has 3 rings (SSSR count). The zero-order valence-electron chi connectivity index (χ0n) is 13.5. The minimum absolute atomic E-state index is 0.0681. The van der Waals surface area contributed by atoms with Gasteiger partial charge in [-0.05, 0) is 24.3 Å². The van der Waals surface area contributed by atoms with E-state index in [0.717, 1.165) is 43.4 Å². The number of pyridine rings is 1. The van der Waals surface area contributed by atoms with Crippen LogP contribution in [0.15, 0.2) is 36.5 Å². The molecule has 0 N–H and O–H groups in total. The summed E-state index contributed by atoms with van der Waals surface area (Å²) in [6, 6.07) is 7.39. The second kappa shape index (κ2) is 7.57. The van der Waals surface area contributed by atoms with Gasteiger partial charge in [0, 0.05) is 51.0 Å². The Labute approximate surface area is 140 Å². The fraction of sp³-hybridized carbons (Fsp3) is 0.389. The van der Waals surface area contributed by atoms with Crippen LogP contribution in [-0.4, -0.2) is 31.3 Å². The molecule has 1 aliphatic rings. The molecule has 1 aromatic heterocycles. The average Bonchev–Trinajstić information content (AvgIpc) is 2.59. The molecule has 2 heterocycles. The van der Waals surface area contributed by atoms with Gasteiger partial charge in [0.1, 0.15) is 11.9 Å². The van der Waals surface area contributed by atoms with Crippen molar-refractivity contribution in [3.63, 3.8) is 0 Å². The van der Waals surface area contributed by atoms with Gasteiger partial charge in [-0.2, -0.15) is 0 Å². The third-order valence-electron chi connectivity index (χ3n) is 4.09. The Morgan fingerprint density at radius 2 is 1.96 bits per heavy atom. The smallest absolute Gasteiger partial charge is 0.167 e. The number of benzene rings is 1. The molecule has 0 amide bonds. The van der Waals surface area contributed by atoms with Gasteiger partial charge < -0.3 is 14.4 Å². The highest BCUT2D eigenvalue weighted by molar-refractivity contribution is 5.46. The van der Waals surface area contributed by atoms with Crippen molar-refractivity contribution in [1.82, 2.24) is 4.98 Å². The molecule has 0 saturated carbocycles. The highest BCUT2D eigenvalue weighted by Gasteiger charge is 2.22. The van der Waals surface area contributed by atoms with Crippen molar-refractivity contribution in [2.24, 2.45) is 0 Å². The first-order chi connectivity index (χ1) is 11.7. The molecule has 0 spiro atoms. The molecule has 0 radical (unpaired) electrons. The fourth-order valence-electron chi connectivity index (χ4n) is 2.87. The summed E-state index contributed by atoms with van der Waals surface area (Å²) >= 11 is 0. The SMILES string of the molecule is COCc1cc(N2CCC(Oc3ccc(F)cc3F)CC2)ccn1. The van der Waals surface area contributed by atoms with Gasteiger partial charge in [0.2, 0.25) is 0 Å². The Balaban J connectivity index is 1.58. The average molecular weight is 334 g/mol.